The summed E-state index contributed by atoms with van der Waals surface area (Å²) in [6.45, 7) is 0. The van der Waals surface area contributed by atoms with E-state index in [4.69, 9.17) is 4.74 Å². The molecule has 1 saturated heterocycles. The minimum Gasteiger partial charge on any atom is -0.479 e. The molecule has 0 aromatic carbocycles. The minimum atomic E-state index is -2.86. The molecule has 0 amide bonds. The summed E-state index contributed by atoms with van der Waals surface area (Å²) in [7, 11) is -1.33. The number of rotatable bonds is 3. The topological polar surface area (TPSA) is 69.2 Å². The van der Waals surface area contributed by atoms with Gasteiger partial charge in [-0.15, -0.1) is 5.10 Å². The van der Waals surface area contributed by atoms with E-state index in [2.05, 4.69) is 26.1 Å². The summed E-state index contributed by atoms with van der Waals surface area (Å²) in [5.41, 5.74) is 0.796. The molecule has 18 heavy (non-hydrogen) atoms. The van der Waals surface area contributed by atoms with Gasteiger partial charge in [-0.1, -0.05) is 0 Å². The molecule has 0 aliphatic carbocycles. The number of halogens is 1. The second-order valence-electron chi connectivity index (χ2n) is 4.52. The zero-order valence-electron chi connectivity index (χ0n) is 10.1. The van der Waals surface area contributed by atoms with Gasteiger partial charge < -0.3 is 4.74 Å². The minimum absolute atomic E-state index is 0.151. The van der Waals surface area contributed by atoms with Crippen LogP contribution in [0.1, 0.15) is 18.5 Å². The smallest absolute Gasteiger partial charge is 0.247 e. The highest BCUT2D eigenvalue weighted by Crippen LogP contribution is 2.25. The fourth-order valence-corrected chi connectivity index (χ4v) is 4.49. The van der Waals surface area contributed by atoms with Gasteiger partial charge in [0.15, 0.2) is 9.84 Å². The third kappa shape index (κ3) is 3.41. The first-order valence-electron chi connectivity index (χ1n) is 5.76. The van der Waals surface area contributed by atoms with Crippen LogP contribution in [0, 0.1) is 5.92 Å². The standard InChI is InChI=1S/C11H15BrN2O3S/c1-17-11-10(12)6-9(13-14-11)5-8-3-2-4-18(15,16)7-8/h6,8H,2-5,7H2,1H3. The molecule has 1 fully saturated rings. The fraction of sp³-hybridized carbons (Fsp3) is 0.636. The Balaban J connectivity index is 2.07. The summed E-state index contributed by atoms with van der Waals surface area (Å²) in [6.07, 6.45) is 2.33. The number of methoxy groups -OCH3 is 1. The average molecular weight is 335 g/mol. The molecule has 2 heterocycles. The SMILES string of the molecule is COc1nnc(CC2CCCS(=O)(=O)C2)cc1Br. The molecule has 0 bridgehead atoms. The summed E-state index contributed by atoms with van der Waals surface area (Å²) >= 11 is 3.35. The number of nitrogens with zero attached hydrogens (tertiary/aromatic N) is 2. The quantitative estimate of drug-likeness (QED) is 0.839. The van der Waals surface area contributed by atoms with Crippen LogP contribution in [0.15, 0.2) is 10.5 Å². The molecule has 1 aliphatic heterocycles. The van der Waals surface area contributed by atoms with Crippen LogP contribution in [0.2, 0.25) is 0 Å². The Labute approximate surface area is 115 Å². The van der Waals surface area contributed by atoms with Crippen molar-refractivity contribution in [1.29, 1.82) is 0 Å². The molecule has 5 nitrogen and oxygen atoms in total. The van der Waals surface area contributed by atoms with Crippen molar-refractivity contribution in [2.24, 2.45) is 5.92 Å². The van der Waals surface area contributed by atoms with Gasteiger partial charge in [0.25, 0.3) is 0 Å². The first kappa shape index (κ1) is 13.7. The molecule has 1 unspecified atom stereocenters. The van der Waals surface area contributed by atoms with E-state index in [1.165, 1.54) is 7.11 Å². The molecular weight excluding hydrogens is 320 g/mol. The monoisotopic (exact) mass is 334 g/mol. The number of aromatic nitrogens is 2. The van der Waals surface area contributed by atoms with E-state index in [0.29, 0.717) is 18.1 Å². The van der Waals surface area contributed by atoms with E-state index < -0.39 is 9.84 Å². The Morgan fingerprint density at radius 3 is 2.89 bits per heavy atom. The summed E-state index contributed by atoms with van der Waals surface area (Å²) in [6, 6.07) is 1.84. The van der Waals surface area contributed by atoms with Gasteiger partial charge in [0, 0.05) is 0 Å². The van der Waals surface area contributed by atoms with Gasteiger partial charge in [-0.3, -0.25) is 0 Å². The van der Waals surface area contributed by atoms with E-state index in [-0.39, 0.29) is 11.7 Å². The lowest BCUT2D eigenvalue weighted by Gasteiger charge is -2.21. The molecule has 1 atom stereocenters. The first-order valence-corrected chi connectivity index (χ1v) is 8.38. The molecule has 1 aliphatic rings. The van der Waals surface area contributed by atoms with Gasteiger partial charge in [0.1, 0.15) is 0 Å². The molecule has 2 rings (SSSR count). The van der Waals surface area contributed by atoms with Crippen LogP contribution in [0.5, 0.6) is 5.88 Å². The van der Waals surface area contributed by atoms with E-state index >= 15 is 0 Å². The number of hydrogen-bond acceptors (Lipinski definition) is 5. The highest BCUT2D eigenvalue weighted by atomic mass is 79.9. The zero-order valence-corrected chi connectivity index (χ0v) is 12.5. The van der Waals surface area contributed by atoms with Crippen molar-refractivity contribution in [3.63, 3.8) is 0 Å². The Morgan fingerprint density at radius 1 is 1.50 bits per heavy atom. The molecule has 0 radical (unpaired) electrons. The lowest BCUT2D eigenvalue weighted by atomic mass is 9.99. The van der Waals surface area contributed by atoms with Gasteiger partial charge in [-0.05, 0) is 47.2 Å². The maximum atomic E-state index is 11.6. The summed E-state index contributed by atoms with van der Waals surface area (Å²) in [5.74, 6) is 1.17. The van der Waals surface area contributed by atoms with Gasteiger partial charge in [0.05, 0.1) is 28.8 Å². The Hall–Kier alpha value is -0.690. The third-order valence-corrected chi connectivity index (χ3v) is 5.47. The first-order chi connectivity index (χ1) is 8.50. The van der Waals surface area contributed by atoms with Gasteiger partial charge >= 0.3 is 0 Å². The van der Waals surface area contributed by atoms with Crippen molar-refractivity contribution in [3.05, 3.63) is 16.2 Å². The van der Waals surface area contributed by atoms with Crippen LogP contribution in [0.4, 0.5) is 0 Å². The van der Waals surface area contributed by atoms with Crippen molar-refractivity contribution < 1.29 is 13.2 Å². The summed E-state index contributed by atoms with van der Waals surface area (Å²) in [4.78, 5) is 0. The van der Waals surface area contributed by atoms with E-state index in [9.17, 15) is 8.42 Å². The molecule has 0 saturated carbocycles. The second-order valence-corrected chi connectivity index (χ2v) is 7.60. The van der Waals surface area contributed by atoms with Gasteiger partial charge in [0.2, 0.25) is 5.88 Å². The van der Waals surface area contributed by atoms with E-state index in [1.54, 1.807) is 0 Å². The maximum absolute atomic E-state index is 11.6. The van der Waals surface area contributed by atoms with Crippen molar-refractivity contribution in [2.45, 2.75) is 19.3 Å². The highest BCUT2D eigenvalue weighted by molar-refractivity contribution is 9.10. The van der Waals surface area contributed by atoms with Crippen LogP contribution in [0.25, 0.3) is 0 Å². The molecule has 7 heteroatoms. The predicted molar refractivity (Wildman–Crippen MR) is 71.4 cm³/mol. The summed E-state index contributed by atoms with van der Waals surface area (Å²) < 4.78 is 28.9. The lowest BCUT2D eigenvalue weighted by molar-refractivity contribution is 0.386. The van der Waals surface area contributed by atoms with Gasteiger partial charge in [-0.2, -0.15) is 5.10 Å². The van der Waals surface area contributed by atoms with Crippen molar-refractivity contribution in [1.82, 2.24) is 10.2 Å². The molecular formula is C11H15BrN2O3S. The third-order valence-electron chi connectivity index (χ3n) is 3.02. The average Bonchev–Trinajstić information content (AvgIpc) is 2.28. The summed E-state index contributed by atoms with van der Waals surface area (Å²) in [5, 5.41) is 7.98. The van der Waals surface area contributed by atoms with Crippen LogP contribution in [-0.4, -0.2) is 37.2 Å². The van der Waals surface area contributed by atoms with Gasteiger partial charge in [-0.25, -0.2) is 8.42 Å². The normalized spacial score (nSPS) is 22.7. The molecule has 0 spiro atoms. The molecule has 100 valence electrons. The van der Waals surface area contributed by atoms with Crippen molar-refractivity contribution in [3.8, 4) is 5.88 Å². The molecule has 0 N–H and O–H groups in total. The molecule has 1 aromatic rings. The van der Waals surface area contributed by atoms with Crippen molar-refractivity contribution >= 4 is 25.8 Å². The second kappa shape index (κ2) is 5.52. The number of sulfone groups is 1. The van der Waals surface area contributed by atoms with Crippen LogP contribution >= 0.6 is 15.9 Å². The zero-order chi connectivity index (χ0) is 13.2. The maximum Gasteiger partial charge on any atom is 0.247 e. The molecule has 1 aromatic heterocycles. The Morgan fingerprint density at radius 2 is 2.28 bits per heavy atom. The van der Waals surface area contributed by atoms with Crippen molar-refractivity contribution in [2.75, 3.05) is 18.6 Å². The predicted octanol–water partition coefficient (Wildman–Crippen LogP) is 1.61. The lowest BCUT2D eigenvalue weighted by Crippen LogP contribution is -2.26. The van der Waals surface area contributed by atoms with E-state index in [0.717, 1.165) is 23.0 Å². The highest BCUT2D eigenvalue weighted by Gasteiger charge is 2.25. The fourth-order valence-electron chi connectivity index (χ4n) is 2.21. The van der Waals surface area contributed by atoms with Crippen LogP contribution in [0.3, 0.4) is 0 Å². The Kier molecular flexibility index (Phi) is 4.21. The van der Waals surface area contributed by atoms with Crippen LogP contribution < -0.4 is 4.74 Å². The number of hydrogen-bond donors (Lipinski definition) is 0. The van der Waals surface area contributed by atoms with Crippen LogP contribution in [-0.2, 0) is 16.3 Å². The Bertz CT molecular complexity index is 533. The largest absolute Gasteiger partial charge is 0.479 e. The van der Waals surface area contributed by atoms with E-state index in [1.807, 2.05) is 6.07 Å². The number of ether oxygens (including phenoxy) is 1.